The summed E-state index contributed by atoms with van der Waals surface area (Å²) in [6.07, 6.45) is 3.46. The Hall–Kier alpha value is -2.87. The van der Waals surface area contributed by atoms with Crippen LogP contribution in [0.2, 0.25) is 0 Å². The van der Waals surface area contributed by atoms with Crippen molar-refractivity contribution in [3.8, 4) is 21.8 Å². The Bertz CT molecular complexity index is 1200. The third-order valence-electron chi connectivity index (χ3n) is 5.19. The fourth-order valence-corrected chi connectivity index (χ4v) is 4.16. The molecule has 0 saturated heterocycles. The molecule has 3 aromatic heterocycles. The van der Waals surface area contributed by atoms with E-state index in [0.717, 1.165) is 27.0 Å². The van der Waals surface area contributed by atoms with Gasteiger partial charge in [0.25, 0.3) is 5.56 Å². The van der Waals surface area contributed by atoms with E-state index in [1.54, 1.807) is 12.4 Å². The van der Waals surface area contributed by atoms with Crippen LogP contribution in [0.25, 0.3) is 32.7 Å². The molecule has 1 atom stereocenters. The molecule has 3 heterocycles. The number of rotatable bonds is 7. The molecule has 0 aliphatic rings. The fourth-order valence-electron chi connectivity index (χ4n) is 3.33. The molecule has 0 amide bonds. The lowest BCUT2D eigenvalue weighted by Gasteiger charge is -2.20. The standard InChI is InChI=1S/C23H24N4O2S/c1-14(2)20(12-28)25-11-15-3-4-17-10-18(22(29)26-19(17)9-15)21-13-30-23(27-21)16-5-7-24-8-6-16/h3-10,13-14,20,25,28H,11-12H2,1-2H3,(H,26,29)/t20-/m0/s1. The van der Waals surface area contributed by atoms with Crippen molar-refractivity contribution in [1.82, 2.24) is 20.3 Å². The van der Waals surface area contributed by atoms with E-state index in [0.29, 0.717) is 23.7 Å². The number of aliphatic hydroxyl groups is 1. The predicted molar refractivity (Wildman–Crippen MR) is 121 cm³/mol. The normalized spacial score (nSPS) is 12.5. The van der Waals surface area contributed by atoms with Gasteiger partial charge in [-0.05, 0) is 41.1 Å². The van der Waals surface area contributed by atoms with Crippen LogP contribution >= 0.6 is 11.3 Å². The number of hydrogen-bond acceptors (Lipinski definition) is 6. The van der Waals surface area contributed by atoms with Crippen LogP contribution < -0.4 is 10.9 Å². The summed E-state index contributed by atoms with van der Waals surface area (Å²) in [7, 11) is 0. The molecular formula is C23H24N4O2S. The molecule has 0 aliphatic heterocycles. The maximum atomic E-state index is 12.7. The zero-order chi connectivity index (χ0) is 21.1. The Morgan fingerprint density at radius 1 is 1.17 bits per heavy atom. The molecule has 0 fully saturated rings. The largest absolute Gasteiger partial charge is 0.395 e. The van der Waals surface area contributed by atoms with E-state index in [2.05, 4.69) is 34.1 Å². The van der Waals surface area contributed by atoms with Crippen LogP contribution in [0.4, 0.5) is 0 Å². The number of H-pyrrole nitrogens is 1. The Morgan fingerprint density at radius 2 is 1.97 bits per heavy atom. The van der Waals surface area contributed by atoms with Crippen molar-refractivity contribution in [2.75, 3.05) is 6.61 Å². The van der Waals surface area contributed by atoms with Gasteiger partial charge in [-0.25, -0.2) is 4.98 Å². The van der Waals surface area contributed by atoms with E-state index in [1.807, 2.05) is 41.8 Å². The van der Waals surface area contributed by atoms with Gasteiger partial charge < -0.3 is 15.4 Å². The van der Waals surface area contributed by atoms with Gasteiger partial charge in [-0.3, -0.25) is 9.78 Å². The summed E-state index contributed by atoms with van der Waals surface area (Å²) >= 11 is 1.51. The summed E-state index contributed by atoms with van der Waals surface area (Å²) < 4.78 is 0. The summed E-state index contributed by atoms with van der Waals surface area (Å²) in [5, 5.41) is 16.6. The van der Waals surface area contributed by atoms with Gasteiger partial charge >= 0.3 is 0 Å². The lowest BCUT2D eigenvalue weighted by Crippen LogP contribution is -2.36. The maximum absolute atomic E-state index is 12.7. The van der Waals surface area contributed by atoms with Crippen molar-refractivity contribution in [2.45, 2.75) is 26.4 Å². The van der Waals surface area contributed by atoms with E-state index in [4.69, 9.17) is 0 Å². The molecule has 0 spiro atoms. The Labute approximate surface area is 178 Å². The molecule has 0 unspecified atom stereocenters. The Kier molecular flexibility index (Phi) is 6.03. The van der Waals surface area contributed by atoms with Crippen LogP contribution in [0.15, 0.2) is 59.0 Å². The molecule has 154 valence electrons. The number of nitrogens with one attached hydrogen (secondary N) is 2. The number of aliphatic hydroxyl groups excluding tert-OH is 1. The van der Waals surface area contributed by atoms with E-state index in [1.165, 1.54) is 11.3 Å². The highest BCUT2D eigenvalue weighted by Crippen LogP contribution is 2.28. The topological polar surface area (TPSA) is 90.9 Å². The van der Waals surface area contributed by atoms with Gasteiger partial charge in [0.15, 0.2) is 0 Å². The van der Waals surface area contributed by atoms with E-state index in [-0.39, 0.29) is 18.2 Å². The molecule has 0 radical (unpaired) electrons. The van der Waals surface area contributed by atoms with E-state index in [9.17, 15) is 9.90 Å². The van der Waals surface area contributed by atoms with Crippen LogP contribution in [0.1, 0.15) is 19.4 Å². The monoisotopic (exact) mass is 420 g/mol. The van der Waals surface area contributed by atoms with Crippen molar-refractivity contribution in [3.63, 3.8) is 0 Å². The Balaban J connectivity index is 1.60. The second-order valence-corrected chi connectivity index (χ2v) is 8.48. The van der Waals surface area contributed by atoms with Gasteiger partial charge in [-0.1, -0.05) is 26.0 Å². The van der Waals surface area contributed by atoms with Crippen molar-refractivity contribution in [3.05, 3.63) is 70.1 Å². The van der Waals surface area contributed by atoms with Crippen LogP contribution in [0, 0.1) is 5.92 Å². The zero-order valence-electron chi connectivity index (χ0n) is 16.9. The van der Waals surface area contributed by atoms with Gasteiger partial charge in [-0.2, -0.15) is 0 Å². The zero-order valence-corrected chi connectivity index (χ0v) is 17.7. The number of thiazole rings is 1. The summed E-state index contributed by atoms with van der Waals surface area (Å²) in [5.74, 6) is 0.341. The number of pyridine rings is 2. The highest BCUT2D eigenvalue weighted by Gasteiger charge is 2.13. The molecular weight excluding hydrogens is 396 g/mol. The third kappa shape index (κ3) is 4.33. The van der Waals surface area contributed by atoms with Crippen LogP contribution in [0.3, 0.4) is 0 Å². The van der Waals surface area contributed by atoms with Gasteiger partial charge in [0.05, 0.1) is 17.9 Å². The predicted octanol–water partition coefficient (Wildman–Crippen LogP) is 3.82. The SMILES string of the molecule is CC(C)[C@H](CO)NCc1ccc2cc(-c3csc(-c4ccncc4)n3)c(=O)[nH]c2c1. The molecule has 4 rings (SSSR count). The first-order valence-corrected chi connectivity index (χ1v) is 10.8. The first kappa shape index (κ1) is 20.4. The lowest BCUT2D eigenvalue weighted by atomic mass is 10.0. The molecule has 1 aromatic carbocycles. The first-order valence-electron chi connectivity index (χ1n) is 9.91. The van der Waals surface area contributed by atoms with Gasteiger partial charge in [0, 0.05) is 41.4 Å². The molecule has 0 saturated carbocycles. The molecule has 3 N–H and O–H groups in total. The molecule has 0 aliphatic carbocycles. The summed E-state index contributed by atoms with van der Waals surface area (Å²) in [4.78, 5) is 24.4. The number of fused-ring (bicyclic) bond motifs is 1. The van der Waals surface area contributed by atoms with Gasteiger partial charge in [0.1, 0.15) is 5.01 Å². The number of aromatic nitrogens is 3. The molecule has 6 nitrogen and oxygen atoms in total. The van der Waals surface area contributed by atoms with Crippen molar-refractivity contribution < 1.29 is 5.11 Å². The number of aromatic amines is 1. The van der Waals surface area contributed by atoms with Gasteiger partial charge in [0.2, 0.25) is 0 Å². The number of hydrogen-bond donors (Lipinski definition) is 3. The van der Waals surface area contributed by atoms with Crippen molar-refractivity contribution >= 4 is 22.2 Å². The van der Waals surface area contributed by atoms with Crippen molar-refractivity contribution in [1.29, 1.82) is 0 Å². The maximum Gasteiger partial charge on any atom is 0.257 e. The summed E-state index contributed by atoms with van der Waals surface area (Å²) in [5.41, 5.74) is 3.90. The lowest BCUT2D eigenvalue weighted by molar-refractivity contribution is 0.210. The molecule has 7 heteroatoms. The Morgan fingerprint density at radius 3 is 2.70 bits per heavy atom. The van der Waals surface area contributed by atoms with E-state index < -0.39 is 0 Å². The number of benzene rings is 1. The fraction of sp³-hybridized carbons (Fsp3) is 0.261. The minimum atomic E-state index is -0.158. The van der Waals surface area contributed by atoms with Crippen LogP contribution in [0.5, 0.6) is 0 Å². The third-order valence-corrected chi connectivity index (χ3v) is 6.08. The molecule has 4 aromatic rings. The highest BCUT2D eigenvalue weighted by molar-refractivity contribution is 7.13. The minimum Gasteiger partial charge on any atom is -0.395 e. The smallest absolute Gasteiger partial charge is 0.257 e. The highest BCUT2D eigenvalue weighted by atomic mass is 32.1. The minimum absolute atomic E-state index is 0.0429. The number of nitrogens with zero attached hydrogens (tertiary/aromatic N) is 2. The van der Waals surface area contributed by atoms with Crippen molar-refractivity contribution in [2.24, 2.45) is 5.92 Å². The van der Waals surface area contributed by atoms with Crippen LogP contribution in [-0.2, 0) is 6.54 Å². The first-order chi connectivity index (χ1) is 14.5. The second-order valence-electron chi connectivity index (χ2n) is 7.62. The molecule has 0 bridgehead atoms. The summed E-state index contributed by atoms with van der Waals surface area (Å²) in [6.45, 7) is 4.88. The second kappa shape index (κ2) is 8.87. The van der Waals surface area contributed by atoms with E-state index >= 15 is 0 Å². The van der Waals surface area contributed by atoms with Crippen LogP contribution in [-0.4, -0.2) is 32.7 Å². The summed E-state index contributed by atoms with van der Waals surface area (Å²) in [6, 6.07) is 11.8. The van der Waals surface area contributed by atoms with Gasteiger partial charge in [-0.15, -0.1) is 11.3 Å². The molecule has 30 heavy (non-hydrogen) atoms. The average Bonchev–Trinajstić information content (AvgIpc) is 3.24. The quantitative estimate of drug-likeness (QED) is 0.423. The average molecular weight is 421 g/mol.